The molecule has 0 unspecified atom stereocenters. The molecule has 5 aliphatic rings. The fraction of sp³-hybridized carbons (Fsp3) is 0.192. The largest absolute Gasteiger partial charge is 0.458 e. The molecule has 7 aromatic carbocycles. The highest BCUT2D eigenvalue weighted by Gasteiger charge is 2.44. The maximum atomic E-state index is 7.19. The van der Waals surface area contributed by atoms with Crippen LogP contribution in [0.4, 0.5) is 34.1 Å². The Bertz CT molecular complexity index is 2750. The minimum atomic E-state index is -0.123. The SMILES string of the molecule is CC1(C)c2ccccc2N(c2ccc3c(c2)Oc2cc4c(c5c2B3c2ccc(N3c6ccccc6C(C)(C)c6ccccc63)cc2O5)CCCC4)c2ccccc21. The number of hydrogen-bond acceptors (Lipinski definition) is 4. The number of rotatable bonds is 2. The van der Waals surface area contributed by atoms with E-state index in [0.29, 0.717) is 0 Å². The summed E-state index contributed by atoms with van der Waals surface area (Å²) in [6, 6.07) is 51.6. The van der Waals surface area contributed by atoms with Crippen molar-refractivity contribution in [2.75, 3.05) is 9.80 Å². The Morgan fingerprint density at radius 2 is 0.912 bits per heavy atom. The lowest BCUT2D eigenvalue weighted by Gasteiger charge is -2.42. The molecule has 1 aliphatic carbocycles. The zero-order valence-electron chi connectivity index (χ0n) is 32.9. The Morgan fingerprint density at radius 3 is 1.40 bits per heavy atom. The molecule has 0 atom stereocenters. The van der Waals surface area contributed by atoms with Gasteiger partial charge in [0.15, 0.2) is 0 Å². The van der Waals surface area contributed by atoms with Crippen LogP contribution in [0.3, 0.4) is 0 Å². The standard InChI is InChI=1S/C52H43BN2O2/c1-51(2)36-17-7-11-21-42(36)54(43-22-12-8-18-37(43)51)33-25-27-40-46(30-33)56-48-29-32-15-5-6-16-35(32)50-49(48)53(40)41-28-26-34(31-47(41)57-50)55-44-23-13-9-19-38(44)52(3,4)39-20-10-14-24-45(39)55/h7-14,17-31H,5-6,15-16H2,1-4H3. The molecule has 0 fully saturated rings. The van der Waals surface area contributed by atoms with Gasteiger partial charge in [0, 0.05) is 39.8 Å². The molecule has 0 bridgehead atoms. The van der Waals surface area contributed by atoms with Crippen molar-refractivity contribution in [3.63, 3.8) is 0 Å². The zero-order valence-corrected chi connectivity index (χ0v) is 32.9. The summed E-state index contributed by atoms with van der Waals surface area (Å²) >= 11 is 0. The van der Waals surface area contributed by atoms with Gasteiger partial charge in [-0.1, -0.05) is 113 Å². The molecule has 0 amide bonds. The van der Waals surface area contributed by atoms with Crippen molar-refractivity contribution in [3.05, 3.63) is 173 Å². The summed E-state index contributed by atoms with van der Waals surface area (Å²) in [4.78, 5) is 4.86. The summed E-state index contributed by atoms with van der Waals surface area (Å²) in [5.41, 5.74) is 18.3. The van der Waals surface area contributed by atoms with Gasteiger partial charge < -0.3 is 19.3 Å². The van der Waals surface area contributed by atoms with Crippen LogP contribution < -0.4 is 35.7 Å². The van der Waals surface area contributed by atoms with Crippen LogP contribution in [-0.4, -0.2) is 6.71 Å². The van der Waals surface area contributed by atoms with E-state index in [2.05, 4.69) is 177 Å². The Hall–Kier alpha value is -6.20. The minimum absolute atomic E-state index is 0.0162. The first kappa shape index (κ1) is 33.0. The van der Waals surface area contributed by atoms with Gasteiger partial charge in [0.2, 0.25) is 0 Å². The van der Waals surface area contributed by atoms with Gasteiger partial charge in [0.05, 0.1) is 22.7 Å². The molecule has 276 valence electrons. The molecule has 12 rings (SSSR count). The maximum absolute atomic E-state index is 7.19. The van der Waals surface area contributed by atoms with E-state index in [9.17, 15) is 0 Å². The van der Waals surface area contributed by atoms with Gasteiger partial charge >= 0.3 is 0 Å². The van der Waals surface area contributed by atoms with Crippen molar-refractivity contribution in [1.82, 2.24) is 0 Å². The molecule has 0 saturated heterocycles. The molecule has 4 heterocycles. The highest BCUT2D eigenvalue weighted by molar-refractivity contribution is 6.98. The van der Waals surface area contributed by atoms with Gasteiger partial charge in [0.25, 0.3) is 6.71 Å². The lowest BCUT2D eigenvalue weighted by atomic mass is 9.34. The van der Waals surface area contributed by atoms with Crippen molar-refractivity contribution in [3.8, 4) is 23.0 Å². The lowest BCUT2D eigenvalue weighted by molar-refractivity contribution is 0.455. The Balaban J connectivity index is 1.04. The van der Waals surface area contributed by atoms with Crippen LogP contribution in [0.25, 0.3) is 0 Å². The summed E-state index contributed by atoms with van der Waals surface area (Å²) in [7, 11) is 0. The predicted octanol–water partition coefficient (Wildman–Crippen LogP) is 11.5. The van der Waals surface area contributed by atoms with E-state index < -0.39 is 0 Å². The van der Waals surface area contributed by atoms with Crippen molar-refractivity contribution in [1.29, 1.82) is 0 Å². The first-order valence-corrected chi connectivity index (χ1v) is 20.6. The summed E-state index contributed by atoms with van der Waals surface area (Å²) in [6.45, 7) is 9.34. The molecular formula is C52H43BN2O2. The summed E-state index contributed by atoms with van der Waals surface area (Å²) in [5.74, 6) is 3.77. The van der Waals surface area contributed by atoms with Crippen molar-refractivity contribution < 1.29 is 9.47 Å². The van der Waals surface area contributed by atoms with Crippen molar-refractivity contribution in [2.24, 2.45) is 0 Å². The fourth-order valence-corrected chi connectivity index (χ4v) is 10.9. The highest BCUT2D eigenvalue weighted by atomic mass is 16.5. The van der Waals surface area contributed by atoms with Gasteiger partial charge in [-0.3, -0.25) is 0 Å². The molecule has 0 spiro atoms. The first-order valence-electron chi connectivity index (χ1n) is 20.6. The zero-order chi connectivity index (χ0) is 38.2. The van der Waals surface area contributed by atoms with E-state index in [0.717, 1.165) is 47.2 Å². The van der Waals surface area contributed by atoms with Crippen molar-refractivity contribution >= 4 is 57.2 Å². The van der Waals surface area contributed by atoms with Crippen LogP contribution in [0, 0.1) is 0 Å². The molecule has 57 heavy (non-hydrogen) atoms. The van der Waals surface area contributed by atoms with Crippen LogP contribution in [0.2, 0.25) is 0 Å². The molecule has 4 aliphatic heterocycles. The minimum Gasteiger partial charge on any atom is -0.458 e. The van der Waals surface area contributed by atoms with E-state index >= 15 is 0 Å². The number of benzene rings is 7. The third-order valence-electron chi connectivity index (χ3n) is 13.7. The van der Waals surface area contributed by atoms with Gasteiger partial charge in [-0.05, 0) is 112 Å². The Morgan fingerprint density at radius 1 is 0.474 bits per heavy atom. The number of anilines is 6. The van der Waals surface area contributed by atoms with Crippen LogP contribution in [-0.2, 0) is 23.7 Å². The van der Waals surface area contributed by atoms with Gasteiger partial charge in [0.1, 0.15) is 23.0 Å². The number of para-hydroxylation sites is 4. The molecule has 5 heteroatoms. The second-order valence-electron chi connectivity index (χ2n) is 17.5. The van der Waals surface area contributed by atoms with Crippen LogP contribution in [0.1, 0.15) is 73.9 Å². The normalized spacial score (nSPS) is 16.9. The Kier molecular flexibility index (Phi) is 6.76. The summed E-state index contributed by atoms with van der Waals surface area (Å²) < 4.78 is 14.2. The third kappa shape index (κ3) is 4.51. The second kappa shape index (κ2) is 11.7. The molecule has 7 aromatic rings. The number of ether oxygens (including phenoxy) is 2. The average molecular weight is 739 g/mol. The van der Waals surface area contributed by atoms with E-state index in [1.165, 1.54) is 85.4 Å². The van der Waals surface area contributed by atoms with E-state index in [4.69, 9.17) is 9.47 Å². The summed E-state index contributed by atoms with van der Waals surface area (Å²) in [5, 5.41) is 0. The van der Waals surface area contributed by atoms with Gasteiger partial charge in [-0.25, -0.2) is 0 Å². The smallest absolute Gasteiger partial charge is 0.260 e. The van der Waals surface area contributed by atoms with E-state index in [-0.39, 0.29) is 17.5 Å². The van der Waals surface area contributed by atoms with Crippen molar-refractivity contribution in [2.45, 2.75) is 64.2 Å². The van der Waals surface area contributed by atoms with E-state index in [1.54, 1.807) is 0 Å². The lowest BCUT2D eigenvalue weighted by Crippen LogP contribution is -2.57. The number of hydrogen-bond donors (Lipinski definition) is 0. The second-order valence-corrected chi connectivity index (χ2v) is 17.5. The fourth-order valence-electron chi connectivity index (χ4n) is 10.9. The monoisotopic (exact) mass is 738 g/mol. The molecule has 4 nitrogen and oxygen atoms in total. The molecule has 0 N–H and O–H groups in total. The van der Waals surface area contributed by atoms with Crippen LogP contribution in [0.15, 0.2) is 140 Å². The molecule has 0 aromatic heterocycles. The Labute approximate surface area is 335 Å². The van der Waals surface area contributed by atoms with Crippen LogP contribution in [0.5, 0.6) is 23.0 Å². The van der Waals surface area contributed by atoms with E-state index in [1.807, 2.05) is 0 Å². The third-order valence-corrected chi connectivity index (χ3v) is 13.7. The molecule has 0 saturated carbocycles. The summed E-state index contributed by atoms with van der Waals surface area (Å²) in [6.07, 6.45) is 4.43. The number of fused-ring (bicyclic) bond motifs is 10. The number of aryl methyl sites for hydroxylation is 1. The first-order chi connectivity index (χ1) is 27.8. The quantitative estimate of drug-likeness (QED) is 0.165. The maximum Gasteiger partial charge on any atom is 0.260 e. The highest BCUT2D eigenvalue weighted by Crippen LogP contribution is 2.54. The number of nitrogens with zero attached hydrogens (tertiary/aromatic N) is 2. The predicted molar refractivity (Wildman–Crippen MR) is 234 cm³/mol. The topological polar surface area (TPSA) is 24.9 Å². The molecule has 0 radical (unpaired) electrons. The average Bonchev–Trinajstić information content (AvgIpc) is 3.24. The van der Waals surface area contributed by atoms with Gasteiger partial charge in [-0.15, -0.1) is 0 Å². The molecular weight excluding hydrogens is 695 g/mol. The van der Waals surface area contributed by atoms with Crippen LogP contribution >= 0.6 is 0 Å². The van der Waals surface area contributed by atoms with Gasteiger partial charge in [-0.2, -0.15) is 0 Å².